The quantitative estimate of drug-likeness (QED) is 0.907. The van der Waals surface area contributed by atoms with Gasteiger partial charge in [-0.1, -0.05) is 18.2 Å². The van der Waals surface area contributed by atoms with Crippen LogP contribution in [0, 0.1) is 6.92 Å². The monoisotopic (exact) mass is 305 g/mol. The van der Waals surface area contributed by atoms with Crippen LogP contribution < -0.4 is 5.32 Å². The maximum absolute atomic E-state index is 12.8. The summed E-state index contributed by atoms with van der Waals surface area (Å²) in [6, 6.07) is 10.6. The molecule has 0 aliphatic carbocycles. The largest absolute Gasteiger partial charge is 0.478 e. The van der Waals surface area contributed by atoms with Crippen LogP contribution in [0.2, 0.25) is 0 Å². The maximum atomic E-state index is 12.8. The first kappa shape index (κ1) is 15.1. The van der Waals surface area contributed by atoms with Crippen LogP contribution in [0.5, 0.6) is 0 Å². The zero-order valence-corrected chi connectivity index (χ0v) is 12.4. The van der Waals surface area contributed by atoms with Gasteiger partial charge in [-0.05, 0) is 36.8 Å². The summed E-state index contributed by atoms with van der Waals surface area (Å²) in [7, 11) is -2.31. The molecule has 0 heterocycles. The number of aryl methyl sites for hydroxylation is 1. The summed E-state index contributed by atoms with van der Waals surface area (Å²) in [5, 5.41) is 12.0. The molecular formula is C15H15NO4S. The van der Waals surface area contributed by atoms with Gasteiger partial charge in [-0.2, -0.15) is 0 Å². The number of carboxylic acids is 1. The number of hydrogen-bond donors (Lipinski definition) is 2. The predicted molar refractivity (Wildman–Crippen MR) is 79.6 cm³/mol. The van der Waals surface area contributed by atoms with Crippen LogP contribution in [0.15, 0.2) is 52.3 Å². The van der Waals surface area contributed by atoms with Crippen LogP contribution >= 0.6 is 0 Å². The Labute approximate surface area is 123 Å². The summed E-state index contributed by atoms with van der Waals surface area (Å²) < 4.78 is 25.6. The third-order valence-corrected chi connectivity index (χ3v) is 4.95. The molecule has 0 atom stereocenters. The van der Waals surface area contributed by atoms with Gasteiger partial charge in [0.15, 0.2) is 0 Å². The number of carboxylic acid groups (broad SMARTS) is 1. The average molecular weight is 305 g/mol. The van der Waals surface area contributed by atoms with E-state index in [2.05, 4.69) is 5.32 Å². The molecule has 0 spiro atoms. The Bertz CT molecular complexity index is 797. The SMILES string of the molecule is CNc1ccc(C)cc1S(=O)(=O)c1ccccc1C(=O)O. The molecule has 21 heavy (non-hydrogen) atoms. The van der Waals surface area contributed by atoms with E-state index >= 15 is 0 Å². The van der Waals surface area contributed by atoms with Crippen molar-refractivity contribution < 1.29 is 18.3 Å². The van der Waals surface area contributed by atoms with Crippen molar-refractivity contribution in [3.63, 3.8) is 0 Å². The van der Waals surface area contributed by atoms with E-state index in [4.69, 9.17) is 0 Å². The zero-order valence-electron chi connectivity index (χ0n) is 11.6. The van der Waals surface area contributed by atoms with Gasteiger partial charge in [0.25, 0.3) is 0 Å². The van der Waals surface area contributed by atoms with Crippen LogP contribution in [0.4, 0.5) is 5.69 Å². The second-order valence-corrected chi connectivity index (χ2v) is 6.44. The number of carbonyl (C=O) groups is 1. The number of hydrogen-bond acceptors (Lipinski definition) is 4. The van der Waals surface area contributed by atoms with E-state index < -0.39 is 15.8 Å². The number of rotatable bonds is 4. The lowest BCUT2D eigenvalue weighted by Gasteiger charge is -2.12. The maximum Gasteiger partial charge on any atom is 0.337 e. The van der Waals surface area contributed by atoms with E-state index in [-0.39, 0.29) is 15.4 Å². The van der Waals surface area contributed by atoms with Crippen molar-refractivity contribution in [2.24, 2.45) is 0 Å². The third-order valence-electron chi connectivity index (χ3n) is 3.10. The summed E-state index contributed by atoms with van der Waals surface area (Å²) in [6.45, 7) is 1.78. The summed E-state index contributed by atoms with van der Waals surface area (Å²) in [4.78, 5) is 11.1. The van der Waals surface area contributed by atoms with Crippen molar-refractivity contribution in [2.75, 3.05) is 12.4 Å². The van der Waals surface area contributed by atoms with Crippen LogP contribution in [0.25, 0.3) is 0 Å². The molecule has 5 nitrogen and oxygen atoms in total. The van der Waals surface area contributed by atoms with Crippen LogP contribution in [0.1, 0.15) is 15.9 Å². The highest BCUT2D eigenvalue weighted by Crippen LogP contribution is 2.30. The van der Waals surface area contributed by atoms with Gasteiger partial charge in [-0.25, -0.2) is 13.2 Å². The predicted octanol–water partition coefficient (Wildman–Crippen LogP) is 2.57. The summed E-state index contributed by atoms with van der Waals surface area (Å²) >= 11 is 0. The Morgan fingerprint density at radius 3 is 2.38 bits per heavy atom. The summed E-state index contributed by atoms with van der Waals surface area (Å²) in [5.41, 5.74) is 0.974. The van der Waals surface area contributed by atoms with E-state index in [0.29, 0.717) is 5.69 Å². The van der Waals surface area contributed by atoms with Crippen molar-refractivity contribution in [3.05, 3.63) is 53.6 Å². The molecule has 0 aromatic heterocycles. The van der Waals surface area contributed by atoms with Crippen molar-refractivity contribution >= 4 is 21.5 Å². The number of anilines is 1. The Morgan fingerprint density at radius 1 is 1.10 bits per heavy atom. The van der Waals surface area contributed by atoms with E-state index in [1.807, 2.05) is 0 Å². The molecule has 0 unspecified atom stereocenters. The lowest BCUT2D eigenvalue weighted by molar-refractivity contribution is 0.0692. The molecule has 2 N–H and O–H groups in total. The topological polar surface area (TPSA) is 83.5 Å². The lowest BCUT2D eigenvalue weighted by atomic mass is 10.2. The van der Waals surface area contributed by atoms with E-state index in [9.17, 15) is 18.3 Å². The highest BCUT2D eigenvalue weighted by Gasteiger charge is 2.26. The summed E-state index contributed by atoms with van der Waals surface area (Å²) in [5.74, 6) is -1.27. The summed E-state index contributed by atoms with van der Waals surface area (Å²) in [6.07, 6.45) is 0. The molecule has 0 saturated carbocycles. The standard InChI is InChI=1S/C15H15NO4S/c1-10-7-8-12(16-2)14(9-10)21(19,20)13-6-4-3-5-11(13)15(17)18/h3-9,16H,1-2H3,(H,17,18). The molecule has 0 fully saturated rings. The molecule has 0 radical (unpaired) electrons. The smallest absolute Gasteiger partial charge is 0.337 e. The number of benzene rings is 2. The second-order valence-electron chi connectivity index (χ2n) is 4.55. The zero-order chi connectivity index (χ0) is 15.6. The molecule has 0 bridgehead atoms. The van der Waals surface area contributed by atoms with Crippen molar-refractivity contribution in [1.82, 2.24) is 0 Å². The van der Waals surface area contributed by atoms with E-state index in [1.54, 1.807) is 26.1 Å². The Kier molecular flexibility index (Phi) is 3.99. The molecule has 2 aromatic rings. The minimum absolute atomic E-state index is 0.0682. The van der Waals surface area contributed by atoms with Crippen LogP contribution in [-0.4, -0.2) is 26.5 Å². The van der Waals surface area contributed by atoms with Crippen molar-refractivity contribution in [1.29, 1.82) is 0 Å². The Hall–Kier alpha value is -2.34. The molecule has 110 valence electrons. The second kappa shape index (κ2) is 5.57. The van der Waals surface area contributed by atoms with Crippen molar-refractivity contribution in [3.8, 4) is 0 Å². The van der Waals surface area contributed by atoms with Gasteiger partial charge in [0.2, 0.25) is 9.84 Å². The van der Waals surface area contributed by atoms with Crippen molar-refractivity contribution in [2.45, 2.75) is 16.7 Å². The fourth-order valence-electron chi connectivity index (χ4n) is 2.05. The molecule has 0 amide bonds. The molecular weight excluding hydrogens is 290 g/mol. The molecule has 2 rings (SSSR count). The Morgan fingerprint density at radius 2 is 1.76 bits per heavy atom. The lowest BCUT2D eigenvalue weighted by Crippen LogP contribution is -2.11. The molecule has 0 aliphatic rings. The van der Waals surface area contributed by atoms with Crippen LogP contribution in [0.3, 0.4) is 0 Å². The molecule has 0 saturated heterocycles. The highest BCUT2D eigenvalue weighted by molar-refractivity contribution is 7.91. The first-order valence-corrected chi connectivity index (χ1v) is 7.72. The van der Waals surface area contributed by atoms with Gasteiger partial charge in [0.1, 0.15) is 0 Å². The van der Waals surface area contributed by atoms with Gasteiger partial charge in [0, 0.05) is 7.05 Å². The highest BCUT2D eigenvalue weighted by atomic mass is 32.2. The Balaban J connectivity index is 2.75. The first-order chi connectivity index (χ1) is 9.87. The van der Waals surface area contributed by atoms with E-state index in [0.717, 1.165) is 5.56 Å². The average Bonchev–Trinajstić information content (AvgIpc) is 2.47. The molecule has 2 aromatic carbocycles. The van der Waals surface area contributed by atoms with Gasteiger partial charge in [-0.3, -0.25) is 0 Å². The van der Waals surface area contributed by atoms with Crippen LogP contribution in [-0.2, 0) is 9.84 Å². The number of nitrogens with one attached hydrogen (secondary N) is 1. The number of sulfone groups is 1. The van der Waals surface area contributed by atoms with Gasteiger partial charge in [-0.15, -0.1) is 0 Å². The fraction of sp³-hybridized carbons (Fsp3) is 0.133. The minimum atomic E-state index is -3.92. The number of aromatic carboxylic acids is 1. The van der Waals surface area contributed by atoms with Gasteiger partial charge < -0.3 is 10.4 Å². The fourth-order valence-corrected chi connectivity index (χ4v) is 3.79. The third kappa shape index (κ3) is 2.75. The normalized spacial score (nSPS) is 11.1. The minimum Gasteiger partial charge on any atom is -0.478 e. The van der Waals surface area contributed by atoms with Gasteiger partial charge >= 0.3 is 5.97 Å². The first-order valence-electron chi connectivity index (χ1n) is 6.23. The van der Waals surface area contributed by atoms with E-state index in [1.165, 1.54) is 30.3 Å². The molecule has 0 aliphatic heterocycles. The molecule has 6 heteroatoms. The van der Waals surface area contributed by atoms with Gasteiger partial charge in [0.05, 0.1) is 21.0 Å².